The number of hydrogen-bond donors (Lipinski definition) is 1. The van der Waals surface area contributed by atoms with Gasteiger partial charge in [0.05, 0.1) is 24.4 Å². The third kappa shape index (κ3) is 3.09. The van der Waals surface area contributed by atoms with Crippen molar-refractivity contribution in [2.75, 3.05) is 18.1 Å². The van der Waals surface area contributed by atoms with Crippen LogP contribution in [0.4, 0.5) is 5.13 Å². The third-order valence-corrected chi connectivity index (χ3v) is 4.96. The van der Waals surface area contributed by atoms with E-state index in [0.717, 1.165) is 24.7 Å². The Morgan fingerprint density at radius 2 is 2.26 bits per heavy atom. The lowest BCUT2D eigenvalue weighted by molar-refractivity contribution is 0.0343. The van der Waals surface area contributed by atoms with Gasteiger partial charge in [-0.15, -0.1) is 11.3 Å². The molecule has 0 amide bonds. The number of hydrogen-bond acceptors (Lipinski definition) is 5. The molecule has 1 saturated heterocycles. The summed E-state index contributed by atoms with van der Waals surface area (Å²) in [6.45, 7) is 11.0. The molecule has 1 fully saturated rings. The van der Waals surface area contributed by atoms with Crippen LogP contribution >= 0.6 is 11.3 Å². The van der Waals surface area contributed by atoms with Crippen molar-refractivity contribution < 1.29 is 4.74 Å². The number of aromatic nitrogens is 1. The summed E-state index contributed by atoms with van der Waals surface area (Å²) in [7, 11) is 0. The van der Waals surface area contributed by atoms with Crippen molar-refractivity contribution in [3.63, 3.8) is 0 Å². The molecule has 0 aromatic carbocycles. The van der Waals surface area contributed by atoms with Crippen molar-refractivity contribution in [3.8, 4) is 0 Å². The van der Waals surface area contributed by atoms with Crippen molar-refractivity contribution in [3.05, 3.63) is 10.6 Å². The highest BCUT2D eigenvalue weighted by atomic mass is 32.1. The van der Waals surface area contributed by atoms with Gasteiger partial charge in [-0.3, -0.25) is 0 Å². The molecule has 4 nitrogen and oxygen atoms in total. The van der Waals surface area contributed by atoms with Gasteiger partial charge >= 0.3 is 0 Å². The molecule has 3 atom stereocenters. The molecule has 108 valence electrons. The van der Waals surface area contributed by atoms with Crippen LogP contribution in [0, 0.1) is 0 Å². The zero-order valence-corrected chi connectivity index (χ0v) is 13.2. The number of morpholine rings is 1. The van der Waals surface area contributed by atoms with E-state index in [1.165, 1.54) is 10.6 Å². The van der Waals surface area contributed by atoms with E-state index < -0.39 is 0 Å². The fourth-order valence-electron chi connectivity index (χ4n) is 2.37. The van der Waals surface area contributed by atoms with E-state index in [9.17, 15) is 0 Å². The summed E-state index contributed by atoms with van der Waals surface area (Å²) in [5.74, 6) is 0.484. The highest BCUT2D eigenvalue weighted by Gasteiger charge is 2.27. The molecule has 1 aliphatic rings. The van der Waals surface area contributed by atoms with Crippen LogP contribution in [0.1, 0.15) is 50.6 Å². The molecule has 1 aliphatic heterocycles. The van der Waals surface area contributed by atoms with Crippen molar-refractivity contribution >= 4 is 16.5 Å². The third-order valence-electron chi connectivity index (χ3n) is 3.83. The van der Waals surface area contributed by atoms with Crippen molar-refractivity contribution in [2.24, 2.45) is 5.73 Å². The SMILES string of the molecule is CCC(C)c1nc(N2CC(C)OCC2C)sc1CN. The molecule has 0 bridgehead atoms. The van der Waals surface area contributed by atoms with Gasteiger partial charge in [-0.2, -0.15) is 0 Å². The van der Waals surface area contributed by atoms with Crippen LogP contribution in [0.5, 0.6) is 0 Å². The van der Waals surface area contributed by atoms with E-state index in [4.69, 9.17) is 15.5 Å². The standard InChI is InChI=1S/C14H25N3OS/c1-5-9(2)13-12(6-15)19-14(16-13)17-7-11(4)18-8-10(17)3/h9-11H,5-8,15H2,1-4H3. The molecule has 2 heterocycles. The van der Waals surface area contributed by atoms with E-state index in [2.05, 4.69) is 32.6 Å². The number of anilines is 1. The lowest BCUT2D eigenvalue weighted by Crippen LogP contribution is -2.47. The minimum atomic E-state index is 0.272. The Balaban J connectivity index is 2.26. The zero-order valence-electron chi connectivity index (χ0n) is 12.3. The van der Waals surface area contributed by atoms with Gasteiger partial charge in [0.1, 0.15) is 0 Å². The molecular weight excluding hydrogens is 258 g/mol. The Morgan fingerprint density at radius 1 is 1.53 bits per heavy atom. The summed E-state index contributed by atoms with van der Waals surface area (Å²) in [6.07, 6.45) is 1.37. The van der Waals surface area contributed by atoms with Crippen LogP contribution in [0.2, 0.25) is 0 Å². The molecule has 1 aromatic rings. The first-order valence-corrected chi connectivity index (χ1v) is 7.96. The Hall–Kier alpha value is -0.650. The fraction of sp³-hybridized carbons (Fsp3) is 0.786. The van der Waals surface area contributed by atoms with Crippen LogP contribution < -0.4 is 10.6 Å². The van der Waals surface area contributed by atoms with Gasteiger partial charge in [-0.25, -0.2) is 4.98 Å². The topological polar surface area (TPSA) is 51.4 Å². The molecular formula is C14H25N3OS. The zero-order chi connectivity index (χ0) is 14.0. The number of rotatable bonds is 4. The number of thiazole rings is 1. The summed E-state index contributed by atoms with van der Waals surface area (Å²) < 4.78 is 5.68. The summed E-state index contributed by atoms with van der Waals surface area (Å²) in [5, 5.41) is 1.11. The largest absolute Gasteiger partial charge is 0.375 e. The lowest BCUT2D eigenvalue weighted by atomic mass is 10.0. The van der Waals surface area contributed by atoms with Crippen molar-refractivity contribution in [1.29, 1.82) is 0 Å². The summed E-state index contributed by atoms with van der Waals surface area (Å²) in [4.78, 5) is 8.47. The van der Waals surface area contributed by atoms with Crippen LogP contribution in [0.3, 0.4) is 0 Å². The first kappa shape index (κ1) is 14.8. The Labute approximate surface area is 120 Å². The number of nitrogens with two attached hydrogens (primary N) is 1. The number of ether oxygens (including phenoxy) is 1. The lowest BCUT2D eigenvalue weighted by Gasteiger charge is -2.36. The monoisotopic (exact) mass is 283 g/mol. The highest BCUT2D eigenvalue weighted by molar-refractivity contribution is 7.15. The Bertz CT molecular complexity index is 421. The van der Waals surface area contributed by atoms with Crippen molar-refractivity contribution in [1.82, 2.24) is 4.98 Å². The van der Waals surface area contributed by atoms with E-state index >= 15 is 0 Å². The predicted molar refractivity (Wildman–Crippen MR) is 80.9 cm³/mol. The summed E-state index contributed by atoms with van der Waals surface area (Å²) in [6, 6.07) is 0.387. The summed E-state index contributed by atoms with van der Waals surface area (Å²) >= 11 is 1.75. The van der Waals surface area contributed by atoms with Crippen LogP contribution in [-0.4, -0.2) is 30.3 Å². The maximum atomic E-state index is 5.88. The van der Waals surface area contributed by atoms with Gasteiger partial charge in [0, 0.05) is 18.0 Å². The molecule has 5 heteroatoms. The molecule has 0 saturated carbocycles. The molecule has 2 rings (SSSR count). The molecule has 19 heavy (non-hydrogen) atoms. The number of nitrogens with zero attached hydrogens (tertiary/aromatic N) is 2. The maximum absolute atomic E-state index is 5.88. The minimum absolute atomic E-state index is 0.272. The van der Waals surface area contributed by atoms with E-state index in [-0.39, 0.29) is 6.10 Å². The van der Waals surface area contributed by atoms with Gasteiger partial charge in [-0.05, 0) is 26.2 Å². The molecule has 1 aromatic heterocycles. The maximum Gasteiger partial charge on any atom is 0.186 e. The van der Waals surface area contributed by atoms with Gasteiger partial charge in [0.15, 0.2) is 5.13 Å². The average Bonchev–Trinajstić information content (AvgIpc) is 2.84. The van der Waals surface area contributed by atoms with Gasteiger partial charge < -0.3 is 15.4 Å². The van der Waals surface area contributed by atoms with Gasteiger partial charge in [0.25, 0.3) is 0 Å². The molecule has 0 spiro atoms. The van der Waals surface area contributed by atoms with E-state index in [1.54, 1.807) is 11.3 Å². The Kier molecular flexibility index (Phi) is 4.81. The molecule has 0 radical (unpaired) electrons. The van der Waals surface area contributed by atoms with Crippen molar-refractivity contribution in [2.45, 2.75) is 58.7 Å². The highest BCUT2D eigenvalue weighted by Crippen LogP contribution is 2.33. The molecule has 0 aliphatic carbocycles. The molecule has 3 unspecified atom stereocenters. The van der Waals surface area contributed by atoms with E-state index in [1.807, 2.05) is 0 Å². The van der Waals surface area contributed by atoms with Gasteiger partial charge in [-0.1, -0.05) is 13.8 Å². The minimum Gasteiger partial charge on any atom is -0.375 e. The second-order valence-electron chi connectivity index (χ2n) is 5.46. The first-order valence-electron chi connectivity index (χ1n) is 7.14. The quantitative estimate of drug-likeness (QED) is 0.923. The first-order chi connectivity index (χ1) is 9.06. The van der Waals surface area contributed by atoms with Crippen LogP contribution in [0.25, 0.3) is 0 Å². The fourth-order valence-corrected chi connectivity index (χ4v) is 3.54. The average molecular weight is 283 g/mol. The van der Waals surface area contributed by atoms with Crippen LogP contribution in [-0.2, 0) is 11.3 Å². The molecule has 2 N–H and O–H groups in total. The normalized spacial score (nSPS) is 25.6. The van der Waals surface area contributed by atoms with Crippen LogP contribution in [0.15, 0.2) is 0 Å². The second-order valence-corrected chi connectivity index (χ2v) is 6.53. The Morgan fingerprint density at radius 3 is 2.89 bits per heavy atom. The van der Waals surface area contributed by atoms with Gasteiger partial charge in [0.2, 0.25) is 0 Å². The smallest absolute Gasteiger partial charge is 0.186 e. The van der Waals surface area contributed by atoms with E-state index in [0.29, 0.717) is 18.5 Å². The second kappa shape index (κ2) is 6.20. The summed E-state index contributed by atoms with van der Waals surface area (Å²) in [5.41, 5.74) is 7.07. The predicted octanol–water partition coefficient (Wildman–Crippen LogP) is 2.73.